The van der Waals surface area contributed by atoms with Crippen LogP contribution in [0.1, 0.15) is 18.4 Å². The first-order chi connectivity index (χ1) is 20.6. The van der Waals surface area contributed by atoms with Crippen LogP contribution in [-0.2, 0) is 15.7 Å². The largest absolute Gasteiger partial charge is 0.477 e. The third-order valence-electron chi connectivity index (χ3n) is 8.77. The molecule has 3 aromatic rings. The molecule has 0 aliphatic carbocycles. The van der Waals surface area contributed by atoms with Crippen molar-refractivity contribution in [2.24, 2.45) is 5.92 Å². The maximum atomic E-state index is 16.5. The number of likely N-dealkylation sites (N-methyl/N-ethyl adjacent to an activating group) is 1. The number of alkyl halides is 3. The average Bonchev–Trinajstić information content (AvgIpc) is 3.60. The van der Waals surface area contributed by atoms with Crippen molar-refractivity contribution in [2.45, 2.75) is 37.1 Å². The van der Waals surface area contributed by atoms with Gasteiger partial charge < -0.3 is 29.6 Å². The lowest BCUT2D eigenvalue weighted by Gasteiger charge is -2.34. The Bertz CT molecular complexity index is 1580. The molecule has 3 saturated heterocycles. The van der Waals surface area contributed by atoms with Crippen LogP contribution in [0.15, 0.2) is 12.1 Å². The van der Waals surface area contributed by atoms with Gasteiger partial charge in [0.1, 0.15) is 29.0 Å². The smallest absolute Gasteiger partial charge is 0.418 e. The fraction of sp³-hybridized carbons (Fsp3) is 0.536. The summed E-state index contributed by atoms with van der Waals surface area (Å²) in [7, 11) is 1.80. The Morgan fingerprint density at radius 2 is 1.93 bits per heavy atom. The first-order valence-electron chi connectivity index (χ1n) is 14.1. The summed E-state index contributed by atoms with van der Waals surface area (Å²) in [4.78, 5) is 17.5. The minimum Gasteiger partial charge on any atom is -0.477 e. The predicted molar refractivity (Wildman–Crippen MR) is 149 cm³/mol. The van der Waals surface area contributed by atoms with Crippen molar-refractivity contribution in [3.05, 3.63) is 28.5 Å². The molecule has 1 aromatic carbocycles. The summed E-state index contributed by atoms with van der Waals surface area (Å²) in [6, 6.07) is 2.12. The van der Waals surface area contributed by atoms with E-state index in [1.165, 1.54) is 0 Å². The molecule has 7 rings (SSSR count). The van der Waals surface area contributed by atoms with E-state index in [1.807, 2.05) is 4.90 Å². The lowest BCUT2D eigenvalue weighted by molar-refractivity contribution is -0.137. The Labute approximate surface area is 249 Å². The second-order valence-electron chi connectivity index (χ2n) is 11.4. The highest BCUT2D eigenvalue weighted by atomic mass is 35.5. The number of hydrogen-bond acceptors (Lipinski definition) is 10. The summed E-state index contributed by atoms with van der Waals surface area (Å²) in [6.07, 6.45) is -3.06. The van der Waals surface area contributed by atoms with Gasteiger partial charge in [-0.15, -0.1) is 0 Å². The highest BCUT2D eigenvalue weighted by molar-refractivity contribution is 6.32. The molecule has 0 amide bonds. The van der Waals surface area contributed by atoms with Crippen molar-refractivity contribution in [3.63, 3.8) is 0 Å². The van der Waals surface area contributed by atoms with Gasteiger partial charge in [-0.3, -0.25) is 4.90 Å². The van der Waals surface area contributed by atoms with E-state index in [1.54, 1.807) is 7.05 Å². The molecular weight excluding hydrogens is 596 g/mol. The molecule has 0 bridgehead atoms. The molecule has 2 N–H and O–H groups in total. The summed E-state index contributed by atoms with van der Waals surface area (Å²) >= 11 is 6.00. The van der Waals surface area contributed by atoms with Crippen LogP contribution in [0.4, 0.5) is 29.1 Å². The van der Waals surface area contributed by atoms with Gasteiger partial charge >= 0.3 is 12.2 Å². The highest BCUT2D eigenvalue weighted by Gasteiger charge is 2.41. The van der Waals surface area contributed by atoms with Crippen LogP contribution >= 0.6 is 11.6 Å². The summed E-state index contributed by atoms with van der Waals surface area (Å²) in [6.45, 7) is 3.28. The molecule has 0 radical (unpaired) electrons. The number of ether oxygens (including phenoxy) is 4. The van der Waals surface area contributed by atoms with Crippen molar-refractivity contribution in [1.29, 1.82) is 0 Å². The molecule has 0 unspecified atom stereocenters. The molecule has 230 valence electrons. The molecule has 15 heteroatoms. The lowest BCUT2D eigenvalue weighted by Crippen LogP contribution is -2.46. The number of pyridine rings is 1. The first kappa shape index (κ1) is 28.6. The van der Waals surface area contributed by atoms with E-state index >= 15 is 4.39 Å². The van der Waals surface area contributed by atoms with Crippen molar-refractivity contribution in [3.8, 4) is 23.1 Å². The zero-order valence-corrected chi connectivity index (χ0v) is 23.9. The molecule has 0 saturated carbocycles. The summed E-state index contributed by atoms with van der Waals surface area (Å²) in [5, 5.41) is -0.553. The fourth-order valence-electron chi connectivity index (χ4n) is 6.62. The standard InChI is InChI=1S/C28H29ClF4N6O4/c1-38-19-12-41-8-13(19)9-42-26-20-24(22(30)23(35-26)17-6-14(34)7-18(29)21(17)28(31,32)33)36-27(37-25(20)38)43-11-16-3-2-15-10-40-5-4-39(15)16/h6-7,13,15-16,19H,2-5,8-12,34H2,1H3/t13-,15+,16+,19+/m1/s1. The van der Waals surface area contributed by atoms with Gasteiger partial charge in [0, 0.05) is 42.8 Å². The van der Waals surface area contributed by atoms with E-state index in [2.05, 4.69) is 19.9 Å². The molecule has 4 aliphatic heterocycles. The van der Waals surface area contributed by atoms with Crippen molar-refractivity contribution in [1.82, 2.24) is 19.9 Å². The third-order valence-corrected chi connectivity index (χ3v) is 9.07. The number of hydrogen-bond donors (Lipinski definition) is 1. The number of benzene rings is 1. The van der Waals surface area contributed by atoms with Gasteiger partial charge in [-0.1, -0.05) is 11.6 Å². The van der Waals surface area contributed by atoms with E-state index in [0.717, 1.165) is 31.5 Å². The Kier molecular flexibility index (Phi) is 7.14. The number of anilines is 2. The number of nitrogens with two attached hydrogens (primary N) is 1. The van der Waals surface area contributed by atoms with E-state index in [4.69, 9.17) is 36.3 Å². The number of nitrogen functional groups attached to an aromatic ring is 1. The maximum Gasteiger partial charge on any atom is 0.418 e. The Balaban J connectivity index is 1.38. The molecule has 43 heavy (non-hydrogen) atoms. The van der Waals surface area contributed by atoms with Crippen molar-refractivity contribution >= 4 is 34.0 Å². The second-order valence-corrected chi connectivity index (χ2v) is 11.8. The van der Waals surface area contributed by atoms with E-state index in [-0.39, 0.29) is 65.5 Å². The molecule has 10 nitrogen and oxygen atoms in total. The van der Waals surface area contributed by atoms with Crippen LogP contribution in [0.2, 0.25) is 5.02 Å². The maximum absolute atomic E-state index is 16.5. The number of morpholine rings is 1. The van der Waals surface area contributed by atoms with Gasteiger partial charge in [0.05, 0.1) is 49.7 Å². The van der Waals surface area contributed by atoms with E-state index in [9.17, 15) is 13.2 Å². The molecule has 4 aliphatic rings. The van der Waals surface area contributed by atoms with Gasteiger partial charge in [0.2, 0.25) is 5.88 Å². The van der Waals surface area contributed by atoms with E-state index < -0.39 is 33.8 Å². The minimum absolute atomic E-state index is 0.0889. The number of nitrogens with zero attached hydrogens (tertiary/aromatic N) is 5. The number of rotatable bonds is 4. The molecule has 0 spiro atoms. The predicted octanol–water partition coefficient (Wildman–Crippen LogP) is 4.17. The van der Waals surface area contributed by atoms with Crippen LogP contribution in [0.25, 0.3) is 22.2 Å². The summed E-state index contributed by atoms with van der Waals surface area (Å²) in [5.41, 5.74) is 2.95. The highest BCUT2D eigenvalue weighted by Crippen LogP contribution is 2.46. The zero-order chi connectivity index (χ0) is 30.0. The molecule has 6 heterocycles. The number of halogens is 5. The molecule has 3 fully saturated rings. The fourth-order valence-corrected chi connectivity index (χ4v) is 6.96. The molecule has 2 aromatic heterocycles. The summed E-state index contributed by atoms with van der Waals surface area (Å²) < 4.78 is 82.5. The Morgan fingerprint density at radius 1 is 1.09 bits per heavy atom. The topological polar surface area (TPSA) is 108 Å². The van der Waals surface area contributed by atoms with Crippen LogP contribution in [0.5, 0.6) is 11.9 Å². The first-order valence-corrected chi connectivity index (χ1v) is 14.5. The average molecular weight is 625 g/mol. The van der Waals surface area contributed by atoms with E-state index in [0.29, 0.717) is 32.5 Å². The zero-order valence-electron chi connectivity index (χ0n) is 23.2. The molecule has 4 atom stereocenters. The number of fused-ring (bicyclic) bond motifs is 2. The van der Waals surface area contributed by atoms with Gasteiger partial charge in [0.25, 0.3) is 0 Å². The SMILES string of the molecule is CN1c2nc(OC[C@@H]3CC[C@H]4COCCN43)nc3c(F)c(-c4cc(N)cc(Cl)c4C(F)(F)F)nc(c23)OC[C@H]2COC[C@@H]21. The Hall–Kier alpha value is -3.20. The van der Waals surface area contributed by atoms with Crippen LogP contribution in [0.3, 0.4) is 0 Å². The van der Waals surface area contributed by atoms with Crippen LogP contribution in [0, 0.1) is 11.7 Å². The van der Waals surface area contributed by atoms with Gasteiger partial charge in [-0.05, 0) is 25.0 Å². The minimum atomic E-state index is -4.92. The third kappa shape index (κ3) is 4.97. The van der Waals surface area contributed by atoms with Crippen molar-refractivity contribution in [2.75, 3.05) is 63.9 Å². The normalized spacial score (nSPS) is 25.7. The second kappa shape index (κ2) is 10.8. The monoisotopic (exact) mass is 624 g/mol. The number of aromatic nitrogens is 3. The van der Waals surface area contributed by atoms with Crippen LogP contribution in [-0.4, -0.2) is 91.2 Å². The summed E-state index contributed by atoms with van der Waals surface area (Å²) in [5.74, 6) is -1.02. The van der Waals surface area contributed by atoms with Crippen LogP contribution < -0.4 is 20.1 Å². The lowest BCUT2D eigenvalue weighted by atomic mass is 10.00. The quantitative estimate of drug-likeness (QED) is 0.336. The Morgan fingerprint density at radius 3 is 2.74 bits per heavy atom. The molecular formula is C28H29ClF4N6O4. The van der Waals surface area contributed by atoms with Gasteiger partial charge in [-0.2, -0.15) is 23.1 Å². The van der Waals surface area contributed by atoms with Gasteiger partial charge in [-0.25, -0.2) is 9.37 Å². The van der Waals surface area contributed by atoms with Gasteiger partial charge in [0.15, 0.2) is 5.82 Å². The van der Waals surface area contributed by atoms with Crippen molar-refractivity contribution < 1.29 is 36.5 Å².